The van der Waals surface area contributed by atoms with Crippen LogP contribution in [-0.2, 0) is 6.54 Å². The number of aliphatic imine (C=N–C) groups is 1. The summed E-state index contributed by atoms with van der Waals surface area (Å²) >= 11 is 0. The average Bonchev–Trinajstić information content (AvgIpc) is 2.70. The molecule has 0 aromatic heterocycles. The zero-order valence-electron chi connectivity index (χ0n) is 16.7. The van der Waals surface area contributed by atoms with Crippen molar-refractivity contribution in [2.24, 2.45) is 10.4 Å². The van der Waals surface area contributed by atoms with Gasteiger partial charge in [0.15, 0.2) is 5.96 Å². The lowest BCUT2D eigenvalue weighted by molar-refractivity contribution is 0.131. The minimum atomic E-state index is 0.189. The lowest BCUT2D eigenvalue weighted by Crippen LogP contribution is -2.44. The number of benzene rings is 1. The molecule has 5 nitrogen and oxygen atoms in total. The van der Waals surface area contributed by atoms with Crippen LogP contribution in [0.1, 0.15) is 51.0 Å². The van der Waals surface area contributed by atoms with Gasteiger partial charge in [0.05, 0.1) is 6.54 Å². The minimum Gasteiger partial charge on any atom is -0.489 e. The van der Waals surface area contributed by atoms with Crippen molar-refractivity contribution in [1.29, 1.82) is 0 Å². The van der Waals surface area contributed by atoms with E-state index in [1.54, 1.807) is 6.08 Å². The van der Waals surface area contributed by atoms with E-state index in [1.807, 2.05) is 24.3 Å². The summed E-state index contributed by atoms with van der Waals surface area (Å²) in [5.74, 6) is 1.67. The molecule has 3 N–H and O–H groups in total. The quantitative estimate of drug-likeness (QED) is 0.333. The minimum absolute atomic E-state index is 0.189. The van der Waals surface area contributed by atoms with E-state index in [4.69, 9.17) is 9.73 Å². The number of para-hydroxylation sites is 1. The predicted octanol–water partition coefficient (Wildman–Crippen LogP) is 3.64. The Morgan fingerprint density at radius 3 is 2.74 bits per heavy atom. The van der Waals surface area contributed by atoms with Gasteiger partial charge in [-0.05, 0) is 37.7 Å². The molecule has 1 fully saturated rings. The molecule has 0 saturated heterocycles. The van der Waals surface area contributed by atoms with Crippen LogP contribution in [0.4, 0.5) is 0 Å². The molecular weight excluding hydrogens is 338 g/mol. The maximum Gasteiger partial charge on any atom is 0.191 e. The first-order valence-corrected chi connectivity index (χ1v) is 10.2. The molecule has 0 heterocycles. The Kier molecular flexibility index (Phi) is 9.19. The van der Waals surface area contributed by atoms with Crippen molar-refractivity contribution in [1.82, 2.24) is 10.6 Å². The Morgan fingerprint density at radius 2 is 2.04 bits per heavy atom. The normalized spacial score (nSPS) is 16.6. The largest absolute Gasteiger partial charge is 0.489 e. The van der Waals surface area contributed by atoms with Gasteiger partial charge in [-0.1, -0.05) is 50.1 Å². The smallest absolute Gasteiger partial charge is 0.191 e. The molecule has 150 valence electrons. The zero-order valence-corrected chi connectivity index (χ0v) is 16.7. The van der Waals surface area contributed by atoms with Crippen molar-refractivity contribution in [2.75, 3.05) is 26.3 Å². The second kappa shape index (κ2) is 11.7. The summed E-state index contributed by atoms with van der Waals surface area (Å²) in [6.45, 7) is 8.74. The van der Waals surface area contributed by atoms with Gasteiger partial charge in [0.1, 0.15) is 12.4 Å². The first kappa shape index (κ1) is 21.3. The van der Waals surface area contributed by atoms with Crippen LogP contribution in [-0.4, -0.2) is 37.4 Å². The van der Waals surface area contributed by atoms with Crippen LogP contribution in [0.3, 0.4) is 0 Å². The molecule has 27 heavy (non-hydrogen) atoms. The van der Waals surface area contributed by atoms with E-state index in [1.165, 1.54) is 32.1 Å². The lowest BCUT2D eigenvalue weighted by Gasteiger charge is -2.37. The summed E-state index contributed by atoms with van der Waals surface area (Å²) in [6.07, 6.45) is 8.78. The molecule has 1 aliphatic carbocycles. The van der Waals surface area contributed by atoms with Gasteiger partial charge in [-0.2, -0.15) is 0 Å². The van der Waals surface area contributed by atoms with Gasteiger partial charge >= 0.3 is 0 Å². The van der Waals surface area contributed by atoms with Crippen LogP contribution >= 0.6 is 0 Å². The fraction of sp³-hybridized carbons (Fsp3) is 0.591. The highest BCUT2D eigenvalue weighted by molar-refractivity contribution is 5.79. The number of aliphatic hydroxyl groups excluding tert-OH is 1. The summed E-state index contributed by atoms with van der Waals surface area (Å²) in [4.78, 5) is 4.75. The van der Waals surface area contributed by atoms with Gasteiger partial charge in [0, 0.05) is 25.3 Å². The van der Waals surface area contributed by atoms with E-state index in [0.717, 1.165) is 36.8 Å². The van der Waals surface area contributed by atoms with E-state index in [0.29, 0.717) is 13.2 Å². The Bertz CT molecular complexity index is 589. The van der Waals surface area contributed by atoms with Crippen molar-refractivity contribution in [3.05, 3.63) is 42.5 Å². The van der Waals surface area contributed by atoms with Gasteiger partial charge in [-0.3, -0.25) is 0 Å². The highest BCUT2D eigenvalue weighted by Gasteiger charge is 2.31. The van der Waals surface area contributed by atoms with Crippen molar-refractivity contribution in [3.63, 3.8) is 0 Å². The van der Waals surface area contributed by atoms with E-state index >= 15 is 0 Å². The molecule has 0 bridgehead atoms. The molecule has 1 saturated carbocycles. The topological polar surface area (TPSA) is 65.9 Å². The maximum absolute atomic E-state index is 9.51. The molecule has 1 aromatic carbocycles. The highest BCUT2D eigenvalue weighted by atomic mass is 16.5. The first-order valence-electron chi connectivity index (χ1n) is 10.2. The molecule has 2 rings (SSSR count). The molecule has 0 spiro atoms. The van der Waals surface area contributed by atoms with E-state index in [2.05, 4.69) is 24.1 Å². The van der Waals surface area contributed by atoms with Crippen LogP contribution in [0.5, 0.6) is 5.75 Å². The monoisotopic (exact) mass is 373 g/mol. The number of nitrogens with one attached hydrogen (secondary N) is 2. The van der Waals surface area contributed by atoms with E-state index in [9.17, 15) is 5.11 Å². The number of ether oxygens (including phenoxy) is 1. The van der Waals surface area contributed by atoms with Crippen molar-refractivity contribution < 1.29 is 9.84 Å². The molecule has 1 aromatic rings. The van der Waals surface area contributed by atoms with Gasteiger partial charge in [-0.25, -0.2) is 4.99 Å². The molecule has 5 heteroatoms. The lowest BCUT2D eigenvalue weighted by atomic mass is 9.72. The average molecular weight is 374 g/mol. The molecule has 0 radical (unpaired) electrons. The molecule has 0 aliphatic heterocycles. The third-order valence-electron chi connectivity index (χ3n) is 5.27. The Balaban J connectivity index is 2.02. The molecule has 0 unspecified atom stereocenters. The molecule has 0 atom stereocenters. The van der Waals surface area contributed by atoms with E-state index in [-0.39, 0.29) is 12.0 Å². The van der Waals surface area contributed by atoms with Gasteiger partial charge in [-0.15, -0.1) is 0 Å². The van der Waals surface area contributed by atoms with Crippen LogP contribution < -0.4 is 15.4 Å². The van der Waals surface area contributed by atoms with Crippen LogP contribution in [0.25, 0.3) is 0 Å². The zero-order chi connectivity index (χ0) is 19.4. The Labute approximate surface area is 163 Å². The third kappa shape index (κ3) is 6.90. The fourth-order valence-corrected chi connectivity index (χ4v) is 3.76. The number of rotatable bonds is 10. The standard InChI is InChI=1S/C22H35N3O2/c1-3-16-27-20-11-7-6-10-19(20)17-24-21(23-4-2)25-18-22(14-15-26)12-8-5-9-13-22/h3,6-7,10-11,26H,1,4-5,8-9,12-18H2,2H3,(H2,23,24,25). The molecule has 1 aliphatic rings. The number of aliphatic hydroxyl groups is 1. The summed E-state index contributed by atoms with van der Waals surface area (Å²) < 4.78 is 5.73. The fourth-order valence-electron chi connectivity index (χ4n) is 3.76. The van der Waals surface area contributed by atoms with Crippen LogP contribution in [0.2, 0.25) is 0 Å². The van der Waals surface area contributed by atoms with Gasteiger partial charge in [0.25, 0.3) is 0 Å². The summed E-state index contributed by atoms with van der Waals surface area (Å²) in [7, 11) is 0. The SMILES string of the molecule is C=CCOc1ccccc1CN=C(NCC)NCC1(CCO)CCCCC1. The number of nitrogens with zero attached hydrogens (tertiary/aromatic N) is 1. The Hall–Kier alpha value is -2.01. The van der Waals surface area contributed by atoms with Crippen molar-refractivity contribution >= 4 is 5.96 Å². The predicted molar refractivity (Wildman–Crippen MR) is 112 cm³/mol. The van der Waals surface area contributed by atoms with Crippen LogP contribution in [0, 0.1) is 5.41 Å². The summed E-state index contributed by atoms with van der Waals surface area (Å²) in [6, 6.07) is 7.98. The maximum atomic E-state index is 9.51. The van der Waals surface area contributed by atoms with Crippen molar-refractivity contribution in [3.8, 4) is 5.75 Å². The number of hydrogen-bond donors (Lipinski definition) is 3. The third-order valence-corrected chi connectivity index (χ3v) is 5.27. The highest BCUT2D eigenvalue weighted by Crippen LogP contribution is 2.38. The first-order chi connectivity index (χ1) is 13.2. The van der Waals surface area contributed by atoms with Gasteiger partial charge < -0.3 is 20.5 Å². The number of guanidine groups is 1. The van der Waals surface area contributed by atoms with E-state index < -0.39 is 0 Å². The van der Waals surface area contributed by atoms with Crippen molar-refractivity contribution in [2.45, 2.75) is 52.0 Å². The summed E-state index contributed by atoms with van der Waals surface area (Å²) in [5.41, 5.74) is 1.24. The molecular formula is C22H35N3O2. The second-order valence-corrected chi connectivity index (χ2v) is 7.29. The number of hydrogen-bond acceptors (Lipinski definition) is 3. The summed E-state index contributed by atoms with van der Waals surface area (Å²) in [5, 5.41) is 16.4. The Morgan fingerprint density at radius 1 is 1.26 bits per heavy atom. The van der Waals surface area contributed by atoms with Gasteiger partial charge in [0.2, 0.25) is 0 Å². The second-order valence-electron chi connectivity index (χ2n) is 7.29. The molecule has 0 amide bonds. The van der Waals surface area contributed by atoms with Crippen LogP contribution in [0.15, 0.2) is 41.9 Å².